The van der Waals surface area contributed by atoms with Crippen molar-refractivity contribution in [3.63, 3.8) is 0 Å². The maximum atomic E-state index is 12.0. The Bertz CT molecular complexity index is 478. The Hall–Kier alpha value is -2.37. The van der Waals surface area contributed by atoms with Gasteiger partial charge in [-0.1, -0.05) is 30.3 Å². The summed E-state index contributed by atoms with van der Waals surface area (Å²) in [5.41, 5.74) is -0.340. The summed E-state index contributed by atoms with van der Waals surface area (Å²) in [6, 6.07) is 8.38. The molecule has 0 radical (unpaired) electrons. The van der Waals surface area contributed by atoms with E-state index in [-0.39, 0.29) is 12.3 Å². The maximum absolute atomic E-state index is 12.0. The molecule has 0 heterocycles. The minimum absolute atomic E-state index is 0.0716. The predicted molar refractivity (Wildman–Crippen MR) is 70.9 cm³/mol. The van der Waals surface area contributed by atoms with E-state index in [1.54, 1.807) is 51.1 Å². The van der Waals surface area contributed by atoms with E-state index in [0.717, 1.165) is 0 Å². The second kappa shape index (κ2) is 6.70. The summed E-state index contributed by atoms with van der Waals surface area (Å²) in [6.45, 7) is 4.68. The lowest BCUT2D eigenvalue weighted by atomic mass is 10.1. The van der Waals surface area contributed by atoms with E-state index in [1.165, 1.54) is 0 Å². The Morgan fingerprint density at radius 1 is 1.20 bits per heavy atom. The van der Waals surface area contributed by atoms with Gasteiger partial charge >= 0.3 is 12.6 Å². The van der Waals surface area contributed by atoms with Gasteiger partial charge in [0.2, 0.25) is 0 Å². The number of ether oxygens (including phenoxy) is 1. The molecule has 1 amide bonds. The molecule has 0 aliphatic carbocycles. The van der Waals surface area contributed by atoms with Crippen molar-refractivity contribution < 1.29 is 24.0 Å². The number of hydrogen-bond acceptors (Lipinski definition) is 5. The molecule has 0 aliphatic rings. The molecule has 108 valence electrons. The fourth-order valence-electron chi connectivity index (χ4n) is 1.36. The van der Waals surface area contributed by atoms with Crippen molar-refractivity contribution in [2.75, 3.05) is 6.54 Å². The van der Waals surface area contributed by atoms with Crippen molar-refractivity contribution in [1.82, 2.24) is 5.06 Å². The van der Waals surface area contributed by atoms with E-state index >= 15 is 0 Å². The van der Waals surface area contributed by atoms with Crippen molar-refractivity contribution >= 4 is 18.3 Å². The zero-order valence-electron chi connectivity index (χ0n) is 11.7. The van der Waals surface area contributed by atoms with Gasteiger partial charge in [-0.3, -0.25) is 9.59 Å². The van der Waals surface area contributed by atoms with Crippen LogP contribution in [0, 0.1) is 0 Å². The van der Waals surface area contributed by atoms with Gasteiger partial charge in [0, 0.05) is 5.56 Å². The van der Waals surface area contributed by atoms with Gasteiger partial charge in [-0.15, -0.1) is 5.06 Å². The molecule has 1 aromatic rings. The molecule has 0 unspecified atom stereocenters. The highest BCUT2D eigenvalue weighted by molar-refractivity contribution is 5.98. The maximum Gasteiger partial charge on any atom is 0.444 e. The highest BCUT2D eigenvalue weighted by atomic mass is 16.7. The number of nitrogens with zero attached hydrogens (tertiary/aromatic N) is 1. The number of hydrogen-bond donors (Lipinski definition) is 0. The van der Waals surface area contributed by atoms with Crippen LogP contribution in [0.3, 0.4) is 0 Å². The molecule has 0 fully saturated rings. The van der Waals surface area contributed by atoms with Gasteiger partial charge in [0.05, 0.1) is 0 Å². The van der Waals surface area contributed by atoms with Crippen LogP contribution in [0.5, 0.6) is 0 Å². The molecule has 0 saturated carbocycles. The standard InChI is InChI=1S/C14H17NO5/c1-14(2,3)20-13(18)15(19-10-16)9-12(17)11-7-5-4-6-8-11/h4-8,10H,9H2,1-3H3. The largest absolute Gasteiger partial charge is 0.444 e. The number of hydroxylamine groups is 2. The molecule has 0 aromatic heterocycles. The van der Waals surface area contributed by atoms with Gasteiger partial charge in [0.15, 0.2) is 5.78 Å². The quantitative estimate of drug-likeness (QED) is 0.469. The highest BCUT2D eigenvalue weighted by Crippen LogP contribution is 2.11. The van der Waals surface area contributed by atoms with Crippen LogP contribution in [-0.2, 0) is 14.4 Å². The van der Waals surface area contributed by atoms with Crippen LogP contribution >= 0.6 is 0 Å². The highest BCUT2D eigenvalue weighted by Gasteiger charge is 2.25. The fourth-order valence-corrected chi connectivity index (χ4v) is 1.36. The second-order valence-electron chi connectivity index (χ2n) is 5.01. The van der Waals surface area contributed by atoms with Gasteiger partial charge in [0.1, 0.15) is 12.1 Å². The van der Waals surface area contributed by atoms with E-state index in [2.05, 4.69) is 4.84 Å². The van der Waals surface area contributed by atoms with Crippen LogP contribution in [0.4, 0.5) is 4.79 Å². The summed E-state index contributed by atoms with van der Waals surface area (Å²) in [5, 5.41) is 0.591. The summed E-state index contributed by atoms with van der Waals surface area (Å²) in [4.78, 5) is 38.7. The average Bonchev–Trinajstić information content (AvgIpc) is 2.37. The number of amides is 1. The second-order valence-corrected chi connectivity index (χ2v) is 5.01. The monoisotopic (exact) mass is 279 g/mol. The summed E-state index contributed by atoms with van der Waals surface area (Å²) in [6.07, 6.45) is -0.895. The van der Waals surface area contributed by atoms with Crippen LogP contribution < -0.4 is 0 Å². The molecular weight excluding hydrogens is 262 g/mol. The molecule has 6 nitrogen and oxygen atoms in total. The minimum Gasteiger partial charge on any atom is -0.442 e. The minimum atomic E-state index is -0.895. The number of Topliss-reactive ketones (excluding diaryl/α,β-unsaturated/α-hetero) is 1. The summed E-state index contributed by atoms with van der Waals surface area (Å²) < 4.78 is 5.04. The Morgan fingerprint density at radius 3 is 2.30 bits per heavy atom. The van der Waals surface area contributed by atoms with Gasteiger partial charge in [-0.05, 0) is 20.8 Å². The first-order valence-electron chi connectivity index (χ1n) is 6.02. The molecule has 20 heavy (non-hydrogen) atoms. The lowest BCUT2D eigenvalue weighted by Crippen LogP contribution is -2.39. The van der Waals surface area contributed by atoms with Gasteiger partial charge in [-0.2, -0.15) is 0 Å². The summed E-state index contributed by atoms with van der Waals surface area (Å²) in [7, 11) is 0. The van der Waals surface area contributed by atoms with Crippen molar-refractivity contribution in [2.24, 2.45) is 0 Å². The first kappa shape index (κ1) is 15.7. The van der Waals surface area contributed by atoms with Gasteiger partial charge in [-0.25, -0.2) is 4.79 Å². The van der Waals surface area contributed by atoms with E-state index < -0.39 is 18.2 Å². The molecular formula is C14H17NO5. The number of ketones is 1. The van der Waals surface area contributed by atoms with Crippen LogP contribution in [0.2, 0.25) is 0 Å². The molecule has 0 N–H and O–H groups in total. The third kappa shape index (κ3) is 5.09. The van der Waals surface area contributed by atoms with Crippen LogP contribution in [0.1, 0.15) is 31.1 Å². The number of benzene rings is 1. The zero-order valence-corrected chi connectivity index (χ0v) is 11.7. The van der Waals surface area contributed by atoms with Crippen LogP contribution in [0.15, 0.2) is 30.3 Å². The SMILES string of the molecule is CC(C)(C)OC(=O)N(CC(=O)c1ccccc1)OC=O. The van der Waals surface area contributed by atoms with Gasteiger partial charge in [0.25, 0.3) is 0 Å². The lowest BCUT2D eigenvalue weighted by Gasteiger charge is -2.24. The Morgan fingerprint density at radius 2 is 1.80 bits per heavy atom. The zero-order chi connectivity index (χ0) is 15.2. The van der Waals surface area contributed by atoms with E-state index in [1.807, 2.05) is 0 Å². The molecule has 0 bridgehead atoms. The van der Waals surface area contributed by atoms with E-state index in [0.29, 0.717) is 10.6 Å². The Balaban J connectivity index is 2.75. The Labute approximate surface area is 117 Å². The first-order valence-corrected chi connectivity index (χ1v) is 6.02. The van der Waals surface area contributed by atoms with E-state index in [4.69, 9.17) is 4.74 Å². The van der Waals surface area contributed by atoms with Crippen LogP contribution in [-0.4, -0.2) is 35.6 Å². The topological polar surface area (TPSA) is 72.9 Å². The number of rotatable bonds is 5. The molecule has 0 atom stereocenters. The molecule has 1 aromatic carbocycles. The van der Waals surface area contributed by atoms with Crippen molar-refractivity contribution in [3.05, 3.63) is 35.9 Å². The third-order valence-electron chi connectivity index (χ3n) is 2.15. The molecule has 6 heteroatoms. The predicted octanol–water partition coefficient (Wildman–Crippen LogP) is 2.19. The fraction of sp³-hybridized carbons (Fsp3) is 0.357. The summed E-state index contributed by atoms with van der Waals surface area (Å²) in [5.74, 6) is -0.363. The first-order chi connectivity index (χ1) is 9.33. The average molecular weight is 279 g/mol. The summed E-state index contributed by atoms with van der Waals surface area (Å²) >= 11 is 0. The molecule has 0 aliphatic heterocycles. The smallest absolute Gasteiger partial charge is 0.442 e. The number of carbonyl (C=O) groups is 3. The third-order valence-corrected chi connectivity index (χ3v) is 2.15. The molecule has 0 spiro atoms. The molecule has 0 saturated heterocycles. The van der Waals surface area contributed by atoms with Crippen molar-refractivity contribution in [1.29, 1.82) is 0 Å². The molecule has 1 rings (SSSR count). The number of carbonyl (C=O) groups excluding carboxylic acids is 3. The van der Waals surface area contributed by atoms with Crippen molar-refractivity contribution in [2.45, 2.75) is 26.4 Å². The van der Waals surface area contributed by atoms with Gasteiger partial charge < -0.3 is 9.57 Å². The Kier molecular flexibility index (Phi) is 5.25. The lowest BCUT2D eigenvalue weighted by molar-refractivity contribution is -0.165. The normalized spacial score (nSPS) is 10.6. The van der Waals surface area contributed by atoms with Crippen molar-refractivity contribution in [3.8, 4) is 0 Å². The van der Waals surface area contributed by atoms with E-state index in [9.17, 15) is 14.4 Å². The van der Waals surface area contributed by atoms with Crippen LogP contribution in [0.25, 0.3) is 0 Å².